The molecule has 1 aliphatic carbocycles. The van der Waals surface area contributed by atoms with E-state index in [1.54, 1.807) is 17.6 Å². The minimum Gasteiger partial charge on any atom is -0.337 e. The SMILES string of the molecule is O=C(NO)c1ccc2c(c1)CCN(C(=O)C1(c3ccc(Cl)cc3)CCC1)C2. The van der Waals surface area contributed by atoms with E-state index in [0.717, 1.165) is 36.0 Å². The van der Waals surface area contributed by atoms with Crippen LogP contribution in [0.15, 0.2) is 42.5 Å². The van der Waals surface area contributed by atoms with Gasteiger partial charge in [-0.05, 0) is 60.2 Å². The highest BCUT2D eigenvalue weighted by atomic mass is 35.5. The second kappa shape index (κ2) is 6.98. The lowest BCUT2D eigenvalue weighted by atomic mass is 9.63. The van der Waals surface area contributed by atoms with Crippen molar-refractivity contribution >= 4 is 23.4 Å². The second-order valence-corrected chi connectivity index (χ2v) is 7.78. The normalized spacial score (nSPS) is 17.6. The maximum atomic E-state index is 13.4. The lowest BCUT2D eigenvalue weighted by molar-refractivity contribution is -0.142. The van der Waals surface area contributed by atoms with Crippen molar-refractivity contribution in [2.45, 2.75) is 37.6 Å². The zero-order chi connectivity index (χ0) is 19.0. The van der Waals surface area contributed by atoms with Crippen molar-refractivity contribution in [1.29, 1.82) is 0 Å². The first-order valence-corrected chi connectivity index (χ1v) is 9.53. The van der Waals surface area contributed by atoms with Gasteiger partial charge in [0.2, 0.25) is 5.91 Å². The van der Waals surface area contributed by atoms with E-state index in [4.69, 9.17) is 16.8 Å². The maximum Gasteiger partial charge on any atom is 0.274 e. The van der Waals surface area contributed by atoms with E-state index in [2.05, 4.69) is 0 Å². The van der Waals surface area contributed by atoms with Gasteiger partial charge in [0.15, 0.2) is 0 Å². The molecule has 0 bridgehead atoms. The number of fused-ring (bicyclic) bond motifs is 1. The van der Waals surface area contributed by atoms with Crippen LogP contribution in [0.5, 0.6) is 0 Å². The fourth-order valence-electron chi connectivity index (χ4n) is 4.16. The Labute approximate surface area is 162 Å². The summed E-state index contributed by atoms with van der Waals surface area (Å²) in [6, 6.07) is 13.0. The average Bonchev–Trinajstić information content (AvgIpc) is 2.67. The fourth-order valence-corrected chi connectivity index (χ4v) is 4.29. The van der Waals surface area contributed by atoms with Gasteiger partial charge in [0.1, 0.15) is 0 Å². The van der Waals surface area contributed by atoms with Crippen LogP contribution in [0, 0.1) is 0 Å². The van der Waals surface area contributed by atoms with Crippen LogP contribution in [0.3, 0.4) is 0 Å². The van der Waals surface area contributed by atoms with E-state index in [1.165, 1.54) is 0 Å². The van der Waals surface area contributed by atoms with Gasteiger partial charge in [-0.25, -0.2) is 5.48 Å². The zero-order valence-corrected chi connectivity index (χ0v) is 15.6. The molecule has 0 radical (unpaired) electrons. The van der Waals surface area contributed by atoms with Crippen LogP contribution >= 0.6 is 11.6 Å². The summed E-state index contributed by atoms with van der Waals surface area (Å²) in [6.07, 6.45) is 3.49. The summed E-state index contributed by atoms with van der Waals surface area (Å²) < 4.78 is 0. The molecule has 0 aromatic heterocycles. The van der Waals surface area contributed by atoms with E-state index in [-0.39, 0.29) is 5.91 Å². The molecule has 1 heterocycles. The minimum absolute atomic E-state index is 0.180. The third kappa shape index (κ3) is 3.11. The molecule has 1 aliphatic heterocycles. The van der Waals surface area contributed by atoms with Gasteiger partial charge < -0.3 is 4.90 Å². The molecule has 1 fully saturated rings. The van der Waals surface area contributed by atoms with Gasteiger partial charge in [0, 0.05) is 23.7 Å². The fraction of sp³-hybridized carbons (Fsp3) is 0.333. The lowest BCUT2D eigenvalue weighted by Crippen LogP contribution is -2.52. The van der Waals surface area contributed by atoms with E-state index in [9.17, 15) is 9.59 Å². The van der Waals surface area contributed by atoms with Crippen molar-refractivity contribution in [3.05, 3.63) is 69.7 Å². The first-order valence-electron chi connectivity index (χ1n) is 9.15. The number of carbonyl (C=O) groups is 2. The number of hydrogen-bond acceptors (Lipinski definition) is 3. The Morgan fingerprint density at radius 3 is 2.44 bits per heavy atom. The zero-order valence-electron chi connectivity index (χ0n) is 14.9. The molecule has 140 valence electrons. The Hall–Kier alpha value is -2.37. The predicted molar refractivity (Wildman–Crippen MR) is 102 cm³/mol. The molecule has 1 saturated carbocycles. The summed E-state index contributed by atoms with van der Waals surface area (Å²) >= 11 is 6.01. The molecular weight excluding hydrogens is 364 g/mol. The van der Waals surface area contributed by atoms with Gasteiger partial charge in [0.05, 0.1) is 5.41 Å². The van der Waals surface area contributed by atoms with E-state index in [1.807, 2.05) is 35.2 Å². The smallest absolute Gasteiger partial charge is 0.274 e. The highest BCUT2D eigenvalue weighted by Gasteiger charge is 2.47. The van der Waals surface area contributed by atoms with E-state index >= 15 is 0 Å². The number of rotatable bonds is 3. The lowest BCUT2D eigenvalue weighted by Gasteiger charge is -2.45. The molecule has 2 amide bonds. The Balaban J connectivity index is 1.57. The van der Waals surface area contributed by atoms with Crippen LogP contribution in [0.25, 0.3) is 0 Å². The number of carbonyl (C=O) groups excluding carboxylic acids is 2. The average molecular weight is 385 g/mol. The molecule has 2 aliphatic rings. The maximum absolute atomic E-state index is 13.4. The summed E-state index contributed by atoms with van der Waals surface area (Å²) in [4.78, 5) is 26.9. The van der Waals surface area contributed by atoms with Crippen LogP contribution in [-0.2, 0) is 23.2 Å². The third-order valence-electron chi connectivity index (χ3n) is 5.88. The summed E-state index contributed by atoms with van der Waals surface area (Å²) in [6.45, 7) is 1.18. The van der Waals surface area contributed by atoms with Gasteiger partial charge in [-0.3, -0.25) is 14.8 Å². The molecule has 2 N–H and O–H groups in total. The highest BCUT2D eigenvalue weighted by Crippen LogP contribution is 2.46. The summed E-state index contributed by atoms with van der Waals surface area (Å²) in [5.74, 6) is -0.341. The number of benzene rings is 2. The van der Waals surface area contributed by atoms with Crippen molar-refractivity contribution < 1.29 is 14.8 Å². The molecule has 6 heteroatoms. The molecule has 5 nitrogen and oxygen atoms in total. The predicted octanol–water partition coefficient (Wildman–Crippen LogP) is 3.47. The summed E-state index contributed by atoms with van der Waals surface area (Å²) in [5, 5.41) is 9.47. The third-order valence-corrected chi connectivity index (χ3v) is 6.13. The van der Waals surface area contributed by atoms with Gasteiger partial charge in [-0.1, -0.05) is 36.2 Å². The summed E-state index contributed by atoms with van der Waals surface area (Å²) in [5.41, 5.74) is 4.80. The standard InChI is InChI=1S/C21H21ClN2O3/c22-18-6-4-17(5-7-18)21(9-1-10-21)20(26)24-11-8-14-12-15(19(25)23-27)2-3-16(14)13-24/h2-7,12,27H,1,8-11,13H2,(H,23,25). The molecule has 0 saturated heterocycles. The Morgan fingerprint density at radius 1 is 1.07 bits per heavy atom. The molecular formula is C21H21ClN2O3. The monoisotopic (exact) mass is 384 g/mol. The van der Waals surface area contributed by atoms with Crippen LogP contribution < -0.4 is 5.48 Å². The van der Waals surface area contributed by atoms with Crippen molar-refractivity contribution in [2.24, 2.45) is 0 Å². The van der Waals surface area contributed by atoms with Crippen molar-refractivity contribution in [3.63, 3.8) is 0 Å². The van der Waals surface area contributed by atoms with E-state index in [0.29, 0.717) is 30.1 Å². The number of nitrogens with zero attached hydrogens (tertiary/aromatic N) is 1. The number of halogens is 1. The van der Waals surface area contributed by atoms with Crippen LogP contribution in [0.1, 0.15) is 46.3 Å². The van der Waals surface area contributed by atoms with Crippen molar-refractivity contribution in [3.8, 4) is 0 Å². The number of nitrogens with one attached hydrogen (secondary N) is 1. The highest BCUT2D eigenvalue weighted by molar-refractivity contribution is 6.30. The van der Waals surface area contributed by atoms with Crippen molar-refractivity contribution in [1.82, 2.24) is 10.4 Å². The van der Waals surface area contributed by atoms with Crippen LogP contribution in [-0.4, -0.2) is 28.5 Å². The Morgan fingerprint density at radius 2 is 1.81 bits per heavy atom. The van der Waals surface area contributed by atoms with Gasteiger partial charge >= 0.3 is 0 Å². The topological polar surface area (TPSA) is 69.6 Å². The molecule has 2 aromatic carbocycles. The van der Waals surface area contributed by atoms with Gasteiger partial charge in [0.25, 0.3) is 5.91 Å². The second-order valence-electron chi connectivity index (χ2n) is 7.34. The minimum atomic E-state index is -0.521. The Bertz CT molecular complexity index is 891. The summed E-state index contributed by atoms with van der Waals surface area (Å²) in [7, 11) is 0. The molecule has 27 heavy (non-hydrogen) atoms. The van der Waals surface area contributed by atoms with Gasteiger partial charge in [-0.2, -0.15) is 0 Å². The van der Waals surface area contributed by atoms with E-state index < -0.39 is 11.3 Å². The van der Waals surface area contributed by atoms with Crippen LogP contribution in [0.2, 0.25) is 5.02 Å². The number of hydrogen-bond donors (Lipinski definition) is 2. The molecule has 0 spiro atoms. The number of amides is 2. The quantitative estimate of drug-likeness (QED) is 0.629. The first-order chi connectivity index (χ1) is 13.0. The van der Waals surface area contributed by atoms with Crippen molar-refractivity contribution in [2.75, 3.05) is 6.54 Å². The molecule has 0 unspecified atom stereocenters. The van der Waals surface area contributed by atoms with Gasteiger partial charge in [-0.15, -0.1) is 0 Å². The largest absolute Gasteiger partial charge is 0.337 e. The molecule has 0 atom stereocenters. The molecule has 4 rings (SSSR count). The Kier molecular flexibility index (Phi) is 4.66. The first kappa shape index (κ1) is 18.0. The number of hydroxylamine groups is 1. The van der Waals surface area contributed by atoms with Crippen LogP contribution in [0.4, 0.5) is 0 Å². The molecule has 2 aromatic rings.